The summed E-state index contributed by atoms with van der Waals surface area (Å²) in [5, 5.41) is 2.13. The molecule has 1 atom stereocenters. The fourth-order valence-electron chi connectivity index (χ4n) is 4.40. The van der Waals surface area contributed by atoms with Crippen molar-refractivity contribution in [2.24, 2.45) is 0 Å². The highest BCUT2D eigenvalue weighted by atomic mass is 32.1. The summed E-state index contributed by atoms with van der Waals surface area (Å²) in [4.78, 5) is 18.7. The van der Waals surface area contributed by atoms with Gasteiger partial charge in [0, 0.05) is 48.6 Å². The number of fused-ring (bicyclic) bond motifs is 1. The minimum absolute atomic E-state index is 0.268. The van der Waals surface area contributed by atoms with Crippen LogP contribution in [-0.2, 0) is 17.8 Å². The summed E-state index contributed by atoms with van der Waals surface area (Å²) in [5.74, 6) is 1.94. The van der Waals surface area contributed by atoms with Crippen molar-refractivity contribution in [3.8, 4) is 11.5 Å². The SMILES string of the molecule is COc1ccc(C2CCCN2CCC(=O)N2CCc3sccc3C2)c(OC)c1. The lowest BCUT2D eigenvalue weighted by molar-refractivity contribution is -0.132. The maximum absolute atomic E-state index is 12.8. The number of likely N-dealkylation sites (tertiary alicyclic amines) is 1. The predicted molar refractivity (Wildman–Crippen MR) is 111 cm³/mol. The Kier molecular flexibility index (Phi) is 5.87. The van der Waals surface area contributed by atoms with Crippen molar-refractivity contribution in [1.29, 1.82) is 0 Å². The molecular formula is C22H28N2O3S. The first-order chi connectivity index (χ1) is 13.7. The Bertz CT molecular complexity index is 835. The zero-order valence-corrected chi connectivity index (χ0v) is 17.5. The van der Waals surface area contributed by atoms with Gasteiger partial charge in [-0.05, 0) is 48.9 Å². The molecule has 3 heterocycles. The molecule has 2 aliphatic rings. The molecule has 1 amide bonds. The number of ether oxygens (including phenoxy) is 2. The largest absolute Gasteiger partial charge is 0.497 e. The van der Waals surface area contributed by atoms with Crippen LogP contribution in [0.25, 0.3) is 0 Å². The van der Waals surface area contributed by atoms with Crippen LogP contribution in [0.15, 0.2) is 29.6 Å². The number of nitrogens with zero attached hydrogens (tertiary/aromatic N) is 2. The average Bonchev–Trinajstić information content (AvgIpc) is 3.39. The number of carbonyl (C=O) groups excluding carboxylic acids is 1. The van der Waals surface area contributed by atoms with Crippen LogP contribution in [0, 0.1) is 0 Å². The van der Waals surface area contributed by atoms with E-state index < -0.39 is 0 Å². The summed E-state index contributed by atoms with van der Waals surface area (Å²) in [6.07, 6.45) is 3.82. The smallest absolute Gasteiger partial charge is 0.224 e. The van der Waals surface area contributed by atoms with Crippen molar-refractivity contribution in [1.82, 2.24) is 9.80 Å². The minimum atomic E-state index is 0.268. The highest BCUT2D eigenvalue weighted by molar-refractivity contribution is 7.10. The first kappa shape index (κ1) is 19.3. The molecule has 2 aliphatic heterocycles. The molecule has 28 heavy (non-hydrogen) atoms. The van der Waals surface area contributed by atoms with Crippen LogP contribution in [-0.4, -0.2) is 49.6 Å². The van der Waals surface area contributed by atoms with E-state index in [2.05, 4.69) is 22.4 Å². The van der Waals surface area contributed by atoms with Crippen LogP contribution in [0.3, 0.4) is 0 Å². The maximum atomic E-state index is 12.8. The molecule has 1 unspecified atom stereocenters. The number of amides is 1. The molecule has 1 aromatic heterocycles. The normalized spacial score (nSPS) is 19.5. The second-order valence-corrected chi connectivity index (χ2v) is 8.49. The molecule has 0 radical (unpaired) electrons. The van der Waals surface area contributed by atoms with Crippen LogP contribution in [0.2, 0.25) is 0 Å². The van der Waals surface area contributed by atoms with Crippen molar-refractivity contribution in [2.45, 2.75) is 38.3 Å². The van der Waals surface area contributed by atoms with E-state index in [1.165, 1.54) is 16.0 Å². The highest BCUT2D eigenvalue weighted by Gasteiger charge is 2.29. The van der Waals surface area contributed by atoms with E-state index in [9.17, 15) is 4.79 Å². The van der Waals surface area contributed by atoms with Crippen molar-refractivity contribution in [2.75, 3.05) is 33.9 Å². The molecule has 150 valence electrons. The standard InChI is InChI=1S/C22H28N2O3S/c1-26-17-5-6-18(20(14-17)27-2)19-4-3-10-23(19)12-8-22(25)24-11-7-21-16(15-24)9-13-28-21/h5-6,9,13-14,19H,3-4,7-8,10-12,15H2,1-2H3. The number of benzene rings is 1. The van der Waals surface area contributed by atoms with E-state index in [0.29, 0.717) is 12.5 Å². The molecular weight excluding hydrogens is 372 g/mol. The number of methoxy groups -OCH3 is 2. The van der Waals surface area contributed by atoms with Crippen LogP contribution < -0.4 is 9.47 Å². The van der Waals surface area contributed by atoms with Crippen LogP contribution in [0.1, 0.15) is 41.3 Å². The average molecular weight is 401 g/mol. The summed E-state index contributed by atoms with van der Waals surface area (Å²) >= 11 is 1.81. The topological polar surface area (TPSA) is 42.0 Å². The molecule has 0 saturated carbocycles. The summed E-state index contributed by atoms with van der Waals surface area (Å²) in [6, 6.07) is 8.50. The lowest BCUT2D eigenvalue weighted by Gasteiger charge is -2.29. The fourth-order valence-corrected chi connectivity index (χ4v) is 5.29. The Morgan fingerprint density at radius 1 is 1.21 bits per heavy atom. The lowest BCUT2D eigenvalue weighted by atomic mass is 10.0. The van der Waals surface area contributed by atoms with Gasteiger partial charge in [0.2, 0.25) is 5.91 Å². The first-order valence-electron chi connectivity index (χ1n) is 9.98. The number of carbonyl (C=O) groups is 1. The zero-order chi connectivity index (χ0) is 19.5. The second-order valence-electron chi connectivity index (χ2n) is 7.49. The monoisotopic (exact) mass is 400 g/mol. The van der Waals surface area contributed by atoms with Gasteiger partial charge in [0.25, 0.3) is 0 Å². The predicted octanol–water partition coefficient (Wildman–Crippen LogP) is 3.88. The highest BCUT2D eigenvalue weighted by Crippen LogP contribution is 2.38. The Morgan fingerprint density at radius 2 is 2.11 bits per heavy atom. The number of thiophene rings is 1. The second kappa shape index (κ2) is 8.53. The Balaban J connectivity index is 1.39. The number of rotatable bonds is 6. The van der Waals surface area contributed by atoms with E-state index in [0.717, 1.165) is 56.9 Å². The molecule has 0 N–H and O–H groups in total. The zero-order valence-electron chi connectivity index (χ0n) is 16.6. The van der Waals surface area contributed by atoms with Gasteiger partial charge in [-0.3, -0.25) is 9.69 Å². The van der Waals surface area contributed by atoms with Crippen molar-refractivity contribution in [3.63, 3.8) is 0 Å². The molecule has 0 aliphatic carbocycles. The molecule has 0 bridgehead atoms. The number of hydrogen-bond donors (Lipinski definition) is 0. The Hall–Kier alpha value is -2.05. The maximum Gasteiger partial charge on any atom is 0.224 e. The molecule has 4 rings (SSSR count). The van der Waals surface area contributed by atoms with Gasteiger partial charge in [-0.15, -0.1) is 11.3 Å². The van der Waals surface area contributed by atoms with Crippen molar-refractivity contribution in [3.05, 3.63) is 45.6 Å². The van der Waals surface area contributed by atoms with Gasteiger partial charge < -0.3 is 14.4 Å². The molecule has 6 heteroatoms. The van der Waals surface area contributed by atoms with Gasteiger partial charge in [-0.1, -0.05) is 6.07 Å². The third-order valence-electron chi connectivity index (χ3n) is 5.94. The van der Waals surface area contributed by atoms with Gasteiger partial charge >= 0.3 is 0 Å². The van der Waals surface area contributed by atoms with Crippen molar-refractivity contribution >= 4 is 17.2 Å². The minimum Gasteiger partial charge on any atom is -0.497 e. The molecule has 2 aromatic rings. The molecule has 1 saturated heterocycles. The van der Waals surface area contributed by atoms with Crippen LogP contribution in [0.4, 0.5) is 0 Å². The van der Waals surface area contributed by atoms with E-state index in [1.54, 1.807) is 14.2 Å². The molecule has 0 spiro atoms. The molecule has 5 nitrogen and oxygen atoms in total. The Morgan fingerprint density at radius 3 is 2.93 bits per heavy atom. The van der Waals surface area contributed by atoms with E-state index in [-0.39, 0.29) is 5.91 Å². The Labute approximate surface area is 170 Å². The number of hydrogen-bond acceptors (Lipinski definition) is 5. The van der Waals surface area contributed by atoms with E-state index in [1.807, 2.05) is 28.4 Å². The first-order valence-corrected chi connectivity index (χ1v) is 10.9. The van der Waals surface area contributed by atoms with E-state index in [4.69, 9.17) is 9.47 Å². The van der Waals surface area contributed by atoms with Gasteiger partial charge in [0.15, 0.2) is 0 Å². The third-order valence-corrected chi connectivity index (χ3v) is 6.96. The summed E-state index contributed by atoms with van der Waals surface area (Å²) < 4.78 is 10.9. The van der Waals surface area contributed by atoms with Crippen LogP contribution >= 0.6 is 11.3 Å². The third kappa shape index (κ3) is 3.89. The van der Waals surface area contributed by atoms with Gasteiger partial charge in [0.05, 0.1) is 14.2 Å². The fraction of sp³-hybridized carbons (Fsp3) is 0.500. The quantitative estimate of drug-likeness (QED) is 0.738. The molecule has 1 aromatic carbocycles. The summed E-state index contributed by atoms with van der Waals surface area (Å²) in [7, 11) is 3.37. The lowest BCUT2D eigenvalue weighted by Crippen LogP contribution is -2.37. The van der Waals surface area contributed by atoms with Gasteiger partial charge in [0.1, 0.15) is 11.5 Å². The van der Waals surface area contributed by atoms with Gasteiger partial charge in [-0.2, -0.15) is 0 Å². The molecule has 1 fully saturated rings. The summed E-state index contributed by atoms with van der Waals surface area (Å²) in [5.41, 5.74) is 2.51. The van der Waals surface area contributed by atoms with Crippen LogP contribution in [0.5, 0.6) is 11.5 Å². The summed E-state index contributed by atoms with van der Waals surface area (Å²) in [6.45, 7) is 3.45. The van der Waals surface area contributed by atoms with Gasteiger partial charge in [-0.25, -0.2) is 0 Å². The van der Waals surface area contributed by atoms with Crippen molar-refractivity contribution < 1.29 is 14.3 Å². The van der Waals surface area contributed by atoms with E-state index >= 15 is 0 Å².